The first-order valence-corrected chi connectivity index (χ1v) is 7.46. The lowest BCUT2D eigenvalue weighted by Crippen LogP contribution is -2.32. The molecule has 0 bridgehead atoms. The van der Waals surface area contributed by atoms with Crippen molar-refractivity contribution in [3.05, 3.63) is 24.0 Å². The maximum absolute atomic E-state index is 3.45. The highest BCUT2D eigenvalue weighted by Crippen LogP contribution is 2.09. The SMILES string of the molecule is CCCNCc1ccn(CCN2CCCCC2)c1. The Hall–Kier alpha value is -0.800. The van der Waals surface area contributed by atoms with Crippen LogP contribution >= 0.6 is 0 Å². The third-order valence-electron chi connectivity index (χ3n) is 3.69. The quantitative estimate of drug-likeness (QED) is 0.749. The molecule has 3 heteroatoms. The van der Waals surface area contributed by atoms with E-state index in [9.17, 15) is 0 Å². The van der Waals surface area contributed by atoms with Gasteiger partial charge in [0.25, 0.3) is 0 Å². The lowest BCUT2D eigenvalue weighted by molar-refractivity contribution is 0.221. The van der Waals surface area contributed by atoms with E-state index in [0.29, 0.717) is 0 Å². The second-order valence-corrected chi connectivity index (χ2v) is 5.34. The molecule has 0 aromatic carbocycles. The number of hydrogen-bond acceptors (Lipinski definition) is 2. The highest BCUT2D eigenvalue weighted by Gasteiger charge is 2.09. The zero-order chi connectivity index (χ0) is 12.6. The summed E-state index contributed by atoms with van der Waals surface area (Å²) in [6, 6.07) is 2.23. The Morgan fingerprint density at radius 2 is 2.00 bits per heavy atom. The maximum Gasteiger partial charge on any atom is 0.0347 e. The van der Waals surface area contributed by atoms with Gasteiger partial charge in [-0.3, -0.25) is 0 Å². The van der Waals surface area contributed by atoms with Crippen LogP contribution in [0.2, 0.25) is 0 Å². The van der Waals surface area contributed by atoms with Crippen molar-refractivity contribution < 1.29 is 0 Å². The highest BCUT2D eigenvalue weighted by molar-refractivity contribution is 5.09. The number of hydrogen-bond donors (Lipinski definition) is 1. The molecule has 0 saturated carbocycles. The van der Waals surface area contributed by atoms with Crippen LogP contribution in [-0.2, 0) is 13.1 Å². The van der Waals surface area contributed by atoms with Gasteiger partial charge in [-0.1, -0.05) is 13.3 Å². The van der Waals surface area contributed by atoms with E-state index >= 15 is 0 Å². The fourth-order valence-electron chi connectivity index (χ4n) is 2.58. The highest BCUT2D eigenvalue weighted by atomic mass is 15.1. The molecule has 0 spiro atoms. The molecule has 1 aliphatic rings. The van der Waals surface area contributed by atoms with Gasteiger partial charge < -0.3 is 14.8 Å². The zero-order valence-corrected chi connectivity index (χ0v) is 11.7. The van der Waals surface area contributed by atoms with Gasteiger partial charge in [-0.15, -0.1) is 0 Å². The van der Waals surface area contributed by atoms with E-state index in [1.807, 2.05) is 0 Å². The van der Waals surface area contributed by atoms with Crippen molar-refractivity contribution in [3.63, 3.8) is 0 Å². The summed E-state index contributed by atoms with van der Waals surface area (Å²) >= 11 is 0. The number of nitrogens with zero attached hydrogens (tertiary/aromatic N) is 2. The average molecular weight is 249 g/mol. The van der Waals surface area contributed by atoms with Crippen LogP contribution < -0.4 is 5.32 Å². The summed E-state index contributed by atoms with van der Waals surface area (Å²) in [7, 11) is 0. The van der Waals surface area contributed by atoms with Crippen LogP contribution in [0.15, 0.2) is 18.5 Å². The first kappa shape index (κ1) is 13.6. The normalized spacial score (nSPS) is 17.2. The van der Waals surface area contributed by atoms with E-state index < -0.39 is 0 Å². The van der Waals surface area contributed by atoms with Gasteiger partial charge in [0.1, 0.15) is 0 Å². The third-order valence-corrected chi connectivity index (χ3v) is 3.69. The van der Waals surface area contributed by atoms with Gasteiger partial charge in [0, 0.05) is 32.0 Å². The zero-order valence-electron chi connectivity index (χ0n) is 11.7. The van der Waals surface area contributed by atoms with Gasteiger partial charge in [-0.25, -0.2) is 0 Å². The predicted molar refractivity (Wildman–Crippen MR) is 76.7 cm³/mol. The molecule has 1 aliphatic heterocycles. The molecule has 0 amide bonds. The second-order valence-electron chi connectivity index (χ2n) is 5.34. The third kappa shape index (κ3) is 4.46. The van der Waals surface area contributed by atoms with Crippen LogP contribution in [0.3, 0.4) is 0 Å². The Labute approximate surface area is 111 Å². The molecule has 0 aliphatic carbocycles. The van der Waals surface area contributed by atoms with Crippen molar-refractivity contribution in [2.24, 2.45) is 0 Å². The molecular weight excluding hydrogens is 222 g/mol. The van der Waals surface area contributed by atoms with Gasteiger partial charge in [-0.05, 0) is 50.5 Å². The van der Waals surface area contributed by atoms with Crippen molar-refractivity contribution in [1.29, 1.82) is 0 Å². The summed E-state index contributed by atoms with van der Waals surface area (Å²) in [5.41, 5.74) is 1.40. The van der Waals surface area contributed by atoms with Crippen LogP contribution in [0.1, 0.15) is 38.2 Å². The molecule has 0 atom stereocenters. The molecule has 0 unspecified atom stereocenters. The fourth-order valence-corrected chi connectivity index (χ4v) is 2.58. The number of rotatable bonds is 7. The van der Waals surface area contributed by atoms with Gasteiger partial charge >= 0.3 is 0 Å². The summed E-state index contributed by atoms with van der Waals surface area (Å²) in [5, 5.41) is 3.45. The molecule has 2 heterocycles. The summed E-state index contributed by atoms with van der Waals surface area (Å²) in [5.74, 6) is 0. The first-order chi connectivity index (χ1) is 8.88. The minimum absolute atomic E-state index is 1.00. The average Bonchev–Trinajstić information content (AvgIpc) is 2.86. The molecule has 1 aromatic rings. The van der Waals surface area contributed by atoms with Crippen LogP contribution in [0.25, 0.3) is 0 Å². The van der Waals surface area contributed by atoms with Crippen molar-refractivity contribution in [2.45, 2.75) is 45.7 Å². The lowest BCUT2D eigenvalue weighted by atomic mass is 10.1. The number of nitrogens with one attached hydrogen (secondary N) is 1. The molecule has 18 heavy (non-hydrogen) atoms. The molecule has 1 aromatic heterocycles. The minimum Gasteiger partial charge on any atom is -0.353 e. The molecule has 2 rings (SSSR count). The molecule has 1 saturated heterocycles. The van der Waals surface area contributed by atoms with E-state index in [1.165, 1.54) is 50.9 Å². The molecule has 0 radical (unpaired) electrons. The smallest absolute Gasteiger partial charge is 0.0347 e. The molecule has 3 nitrogen and oxygen atoms in total. The fraction of sp³-hybridized carbons (Fsp3) is 0.733. The Morgan fingerprint density at radius 3 is 2.78 bits per heavy atom. The Kier molecular flexibility index (Phi) is 5.75. The van der Waals surface area contributed by atoms with Crippen molar-refractivity contribution >= 4 is 0 Å². The largest absolute Gasteiger partial charge is 0.353 e. The summed E-state index contributed by atoms with van der Waals surface area (Å²) in [6.07, 6.45) is 9.90. The standard InChI is InChI=1S/C15H27N3/c1-2-7-16-13-15-6-10-18(14-15)12-11-17-8-4-3-5-9-17/h6,10,14,16H,2-5,7-9,11-13H2,1H3. The van der Waals surface area contributed by atoms with E-state index in [4.69, 9.17) is 0 Å². The van der Waals surface area contributed by atoms with Gasteiger partial charge in [-0.2, -0.15) is 0 Å². The summed E-state index contributed by atoms with van der Waals surface area (Å²) < 4.78 is 2.33. The number of likely N-dealkylation sites (tertiary alicyclic amines) is 1. The van der Waals surface area contributed by atoms with E-state index in [2.05, 4.69) is 40.2 Å². The van der Waals surface area contributed by atoms with E-state index in [0.717, 1.165) is 19.6 Å². The van der Waals surface area contributed by atoms with E-state index in [1.54, 1.807) is 0 Å². The topological polar surface area (TPSA) is 20.2 Å². The lowest BCUT2D eigenvalue weighted by Gasteiger charge is -2.26. The van der Waals surface area contributed by atoms with Crippen LogP contribution in [0.5, 0.6) is 0 Å². The second kappa shape index (κ2) is 7.59. The molecular formula is C15H27N3. The number of aromatic nitrogens is 1. The summed E-state index contributed by atoms with van der Waals surface area (Å²) in [4.78, 5) is 2.60. The van der Waals surface area contributed by atoms with Crippen molar-refractivity contribution in [2.75, 3.05) is 26.2 Å². The van der Waals surface area contributed by atoms with Crippen molar-refractivity contribution in [3.8, 4) is 0 Å². The molecule has 1 fully saturated rings. The van der Waals surface area contributed by atoms with Crippen molar-refractivity contribution in [1.82, 2.24) is 14.8 Å². The molecule has 1 N–H and O–H groups in total. The van der Waals surface area contributed by atoms with Crippen LogP contribution in [0.4, 0.5) is 0 Å². The Morgan fingerprint density at radius 1 is 1.17 bits per heavy atom. The molecule has 102 valence electrons. The maximum atomic E-state index is 3.45. The summed E-state index contributed by atoms with van der Waals surface area (Å²) in [6.45, 7) is 9.25. The first-order valence-electron chi connectivity index (χ1n) is 7.46. The van der Waals surface area contributed by atoms with Gasteiger partial charge in [0.05, 0.1) is 0 Å². The van der Waals surface area contributed by atoms with Gasteiger partial charge in [0.15, 0.2) is 0 Å². The minimum atomic E-state index is 1.00. The Bertz CT molecular complexity index is 326. The number of piperidine rings is 1. The van der Waals surface area contributed by atoms with Gasteiger partial charge in [0.2, 0.25) is 0 Å². The van der Waals surface area contributed by atoms with Crippen LogP contribution in [-0.4, -0.2) is 35.6 Å². The van der Waals surface area contributed by atoms with Crippen LogP contribution in [0, 0.1) is 0 Å². The Balaban J connectivity index is 1.69. The monoisotopic (exact) mass is 249 g/mol. The van der Waals surface area contributed by atoms with E-state index in [-0.39, 0.29) is 0 Å². The predicted octanol–water partition coefficient (Wildman–Crippen LogP) is 2.47.